The van der Waals surface area contributed by atoms with Crippen LogP contribution in [0.15, 0.2) is 48.5 Å². The van der Waals surface area contributed by atoms with Gasteiger partial charge in [-0.25, -0.2) is 0 Å². The van der Waals surface area contributed by atoms with Gasteiger partial charge in [-0.15, -0.1) is 0 Å². The molecular formula is C22H24ClN3O2. The first-order valence-corrected chi connectivity index (χ1v) is 9.52. The zero-order chi connectivity index (χ0) is 20.3. The van der Waals surface area contributed by atoms with Gasteiger partial charge in [0, 0.05) is 42.2 Å². The molecule has 5 nitrogen and oxygen atoms in total. The van der Waals surface area contributed by atoms with E-state index in [0.717, 1.165) is 28.1 Å². The lowest BCUT2D eigenvalue weighted by Crippen LogP contribution is -2.28. The molecule has 146 valence electrons. The van der Waals surface area contributed by atoms with Gasteiger partial charge in [-0.05, 0) is 43.2 Å². The van der Waals surface area contributed by atoms with Crippen LogP contribution in [0.4, 0.5) is 0 Å². The Balaban J connectivity index is 1.87. The number of phenolic OH excluding ortho intramolecular Hbond substituents is 1. The third kappa shape index (κ3) is 4.37. The van der Waals surface area contributed by atoms with Gasteiger partial charge >= 0.3 is 0 Å². The van der Waals surface area contributed by atoms with Crippen LogP contribution in [0.25, 0.3) is 0 Å². The molecule has 0 spiro atoms. The van der Waals surface area contributed by atoms with E-state index in [1.54, 1.807) is 30.1 Å². The highest BCUT2D eigenvalue weighted by molar-refractivity contribution is 6.31. The van der Waals surface area contributed by atoms with E-state index < -0.39 is 0 Å². The van der Waals surface area contributed by atoms with Crippen molar-refractivity contribution in [1.82, 2.24) is 15.1 Å². The van der Waals surface area contributed by atoms with E-state index in [1.807, 2.05) is 44.2 Å². The SMILES string of the molecule is Cc1n[nH]c(C)c1CN(C)C(=O)C[C@H](c1cccc(O)c1)c1ccccc1Cl. The number of aromatic hydroxyl groups is 1. The maximum atomic E-state index is 13.0. The van der Waals surface area contributed by atoms with Crippen LogP contribution in [-0.2, 0) is 11.3 Å². The van der Waals surface area contributed by atoms with E-state index >= 15 is 0 Å². The summed E-state index contributed by atoms with van der Waals surface area (Å²) < 4.78 is 0. The molecule has 1 atom stereocenters. The van der Waals surface area contributed by atoms with Crippen LogP contribution in [-0.4, -0.2) is 33.2 Å². The number of aryl methyl sites for hydroxylation is 2. The van der Waals surface area contributed by atoms with Gasteiger partial charge in [0.1, 0.15) is 5.75 Å². The number of hydrogen-bond acceptors (Lipinski definition) is 3. The molecule has 0 saturated carbocycles. The molecular weight excluding hydrogens is 374 g/mol. The standard InChI is InChI=1S/C22H24ClN3O2/c1-14-20(15(2)25-24-14)13-26(3)22(28)12-19(16-7-6-8-17(27)11-16)18-9-4-5-10-21(18)23/h4-11,19,27H,12-13H2,1-3H3,(H,24,25)/t19-/m1/s1. The molecule has 1 amide bonds. The molecule has 0 aliphatic heterocycles. The fourth-order valence-electron chi connectivity index (χ4n) is 3.37. The summed E-state index contributed by atoms with van der Waals surface area (Å²) >= 11 is 6.43. The Morgan fingerprint density at radius 2 is 1.96 bits per heavy atom. The lowest BCUT2D eigenvalue weighted by molar-refractivity contribution is -0.130. The van der Waals surface area contributed by atoms with Crippen molar-refractivity contribution in [3.8, 4) is 5.75 Å². The van der Waals surface area contributed by atoms with Crippen LogP contribution in [0.2, 0.25) is 5.02 Å². The van der Waals surface area contributed by atoms with E-state index in [1.165, 1.54) is 0 Å². The quantitative estimate of drug-likeness (QED) is 0.640. The number of aromatic nitrogens is 2. The van der Waals surface area contributed by atoms with E-state index in [0.29, 0.717) is 11.6 Å². The van der Waals surface area contributed by atoms with Crippen LogP contribution in [0, 0.1) is 13.8 Å². The van der Waals surface area contributed by atoms with Gasteiger partial charge < -0.3 is 10.0 Å². The fraction of sp³-hybridized carbons (Fsp3) is 0.273. The lowest BCUT2D eigenvalue weighted by Gasteiger charge is -2.23. The van der Waals surface area contributed by atoms with Crippen LogP contribution in [0.1, 0.15) is 40.4 Å². The summed E-state index contributed by atoms with van der Waals surface area (Å²) in [5, 5.41) is 17.7. The molecule has 0 fully saturated rings. The Morgan fingerprint density at radius 3 is 2.61 bits per heavy atom. The van der Waals surface area contributed by atoms with Crippen LogP contribution in [0.3, 0.4) is 0 Å². The number of nitrogens with one attached hydrogen (secondary N) is 1. The van der Waals surface area contributed by atoms with Crippen molar-refractivity contribution in [1.29, 1.82) is 0 Å². The highest BCUT2D eigenvalue weighted by Crippen LogP contribution is 2.34. The van der Waals surface area contributed by atoms with Gasteiger partial charge in [0.25, 0.3) is 0 Å². The average Bonchev–Trinajstić information content (AvgIpc) is 2.98. The smallest absolute Gasteiger partial charge is 0.223 e. The number of carbonyl (C=O) groups is 1. The first-order valence-electron chi connectivity index (χ1n) is 9.14. The van der Waals surface area contributed by atoms with Crippen molar-refractivity contribution in [2.75, 3.05) is 7.05 Å². The molecule has 0 aliphatic carbocycles. The predicted octanol–water partition coefficient (Wildman–Crippen LogP) is 4.57. The summed E-state index contributed by atoms with van der Waals surface area (Å²) in [7, 11) is 1.79. The Kier molecular flexibility index (Phi) is 6.05. The predicted molar refractivity (Wildman–Crippen MR) is 111 cm³/mol. The molecule has 2 aromatic carbocycles. The number of H-pyrrole nitrogens is 1. The first-order chi connectivity index (χ1) is 13.4. The molecule has 0 radical (unpaired) electrons. The summed E-state index contributed by atoms with van der Waals surface area (Å²) in [6, 6.07) is 14.5. The zero-order valence-electron chi connectivity index (χ0n) is 16.2. The van der Waals surface area contributed by atoms with Gasteiger partial charge in [-0.2, -0.15) is 5.10 Å². The van der Waals surface area contributed by atoms with Crippen molar-refractivity contribution in [2.24, 2.45) is 0 Å². The second-order valence-electron chi connectivity index (χ2n) is 7.04. The van der Waals surface area contributed by atoms with Crippen LogP contribution < -0.4 is 0 Å². The van der Waals surface area contributed by atoms with E-state index in [4.69, 9.17) is 11.6 Å². The molecule has 2 N–H and O–H groups in total. The number of halogens is 1. The maximum Gasteiger partial charge on any atom is 0.223 e. The summed E-state index contributed by atoms with van der Waals surface area (Å²) in [4.78, 5) is 14.7. The number of benzene rings is 2. The van der Waals surface area contributed by atoms with Crippen molar-refractivity contribution in [3.63, 3.8) is 0 Å². The Labute approximate surface area is 170 Å². The highest BCUT2D eigenvalue weighted by atomic mass is 35.5. The minimum Gasteiger partial charge on any atom is -0.508 e. The maximum absolute atomic E-state index is 13.0. The Hall–Kier alpha value is -2.79. The summed E-state index contributed by atoms with van der Waals surface area (Å²) in [6.07, 6.45) is 0.250. The minimum absolute atomic E-state index is 0.00624. The Bertz CT molecular complexity index is 964. The fourth-order valence-corrected chi connectivity index (χ4v) is 3.64. The summed E-state index contributed by atoms with van der Waals surface area (Å²) in [6.45, 7) is 4.37. The monoisotopic (exact) mass is 397 g/mol. The number of rotatable bonds is 6. The van der Waals surface area contributed by atoms with E-state index in [-0.39, 0.29) is 24.0 Å². The first kappa shape index (κ1) is 20.0. The largest absolute Gasteiger partial charge is 0.508 e. The summed E-state index contributed by atoms with van der Waals surface area (Å²) in [5.41, 5.74) is 4.61. The van der Waals surface area contributed by atoms with Crippen LogP contribution >= 0.6 is 11.6 Å². The van der Waals surface area contributed by atoms with Gasteiger partial charge in [0.2, 0.25) is 5.91 Å². The molecule has 3 rings (SSSR count). The van der Waals surface area contributed by atoms with Gasteiger partial charge in [0.15, 0.2) is 0 Å². The average molecular weight is 398 g/mol. The number of carbonyl (C=O) groups excluding carboxylic acids is 1. The molecule has 1 aromatic heterocycles. The summed E-state index contributed by atoms with van der Waals surface area (Å²) in [5.74, 6) is -0.0874. The van der Waals surface area contributed by atoms with Crippen molar-refractivity contribution < 1.29 is 9.90 Å². The van der Waals surface area contributed by atoms with Crippen molar-refractivity contribution in [2.45, 2.75) is 32.7 Å². The van der Waals surface area contributed by atoms with Crippen molar-refractivity contribution >= 4 is 17.5 Å². The highest BCUT2D eigenvalue weighted by Gasteiger charge is 2.23. The molecule has 0 unspecified atom stereocenters. The molecule has 1 heterocycles. The number of nitrogens with zero attached hydrogens (tertiary/aromatic N) is 2. The van der Waals surface area contributed by atoms with Gasteiger partial charge in [-0.3, -0.25) is 9.89 Å². The number of amides is 1. The molecule has 0 bridgehead atoms. The molecule has 28 heavy (non-hydrogen) atoms. The van der Waals surface area contributed by atoms with Gasteiger partial charge in [0.05, 0.1) is 5.69 Å². The normalized spacial score (nSPS) is 12.0. The van der Waals surface area contributed by atoms with Crippen LogP contribution in [0.5, 0.6) is 5.75 Å². The lowest BCUT2D eigenvalue weighted by atomic mass is 9.88. The third-order valence-electron chi connectivity index (χ3n) is 5.03. The molecule has 3 aromatic rings. The number of hydrogen-bond donors (Lipinski definition) is 2. The van der Waals surface area contributed by atoms with E-state index in [2.05, 4.69) is 10.2 Å². The van der Waals surface area contributed by atoms with Crippen molar-refractivity contribution in [3.05, 3.63) is 81.6 Å². The van der Waals surface area contributed by atoms with Gasteiger partial charge in [-0.1, -0.05) is 41.9 Å². The minimum atomic E-state index is -0.248. The molecule has 0 aliphatic rings. The third-order valence-corrected chi connectivity index (χ3v) is 5.38. The number of phenols is 1. The second-order valence-corrected chi connectivity index (χ2v) is 7.44. The number of aromatic amines is 1. The topological polar surface area (TPSA) is 69.2 Å². The second kappa shape index (κ2) is 8.48. The zero-order valence-corrected chi connectivity index (χ0v) is 17.0. The molecule has 0 saturated heterocycles. The molecule has 6 heteroatoms. The Morgan fingerprint density at radius 1 is 1.21 bits per heavy atom. The van der Waals surface area contributed by atoms with E-state index in [9.17, 15) is 9.90 Å².